The number of nitrogens with one attached hydrogen (secondary N) is 1. The molecule has 2 N–H and O–H groups in total. The fourth-order valence-electron chi connectivity index (χ4n) is 1.98. The molecular weight excluding hydrogens is 224 g/mol. The quantitative estimate of drug-likeness (QED) is 0.830. The van der Waals surface area contributed by atoms with Crippen LogP contribution in [0.3, 0.4) is 0 Å². The highest BCUT2D eigenvalue weighted by Gasteiger charge is 2.33. The van der Waals surface area contributed by atoms with Crippen molar-refractivity contribution in [3.63, 3.8) is 0 Å². The molecular formula is C13H17F2NO. The molecule has 1 aromatic carbocycles. The second-order valence-corrected chi connectivity index (χ2v) is 4.72. The molecule has 0 bridgehead atoms. The van der Waals surface area contributed by atoms with Crippen LogP contribution in [0.25, 0.3) is 0 Å². The highest BCUT2D eigenvalue weighted by atomic mass is 19.3. The lowest BCUT2D eigenvalue weighted by Crippen LogP contribution is -2.45. The number of alkyl halides is 2. The maximum Gasteiger partial charge on any atom is 0.263 e. The van der Waals surface area contributed by atoms with Crippen LogP contribution in [0.15, 0.2) is 24.3 Å². The normalized spacial score (nSPS) is 18.1. The minimum atomic E-state index is -2.41. The van der Waals surface area contributed by atoms with E-state index >= 15 is 0 Å². The van der Waals surface area contributed by atoms with Gasteiger partial charge in [0.1, 0.15) is 0 Å². The highest BCUT2D eigenvalue weighted by molar-refractivity contribution is 5.23. The summed E-state index contributed by atoms with van der Waals surface area (Å²) in [7, 11) is 0. The molecule has 1 saturated carbocycles. The standard InChI is InChI=1S/C13H17F2NO/c14-12(15)11-4-2-10(3-5-11)8-16-9-13(17)6-1-7-13/h2-5,12,16-17H,1,6-9H2. The molecule has 2 rings (SSSR count). The molecule has 94 valence electrons. The molecule has 2 nitrogen and oxygen atoms in total. The van der Waals surface area contributed by atoms with E-state index < -0.39 is 12.0 Å². The van der Waals surface area contributed by atoms with Crippen LogP contribution in [-0.4, -0.2) is 17.3 Å². The zero-order valence-electron chi connectivity index (χ0n) is 9.63. The third-order valence-corrected chi connectivity index (χ3v) is 3.30. The molecule has 1 aliphatic carbocycles. The second kappa shape index (κ2) is 5.10. The Kier molecular flexibility index (Phi) is 3.74. The van der Waals surface area contributed by atoms with Gasteiger partial charge in [-0.3, -0.25) is 0 Å². The SMILES string of the molecule is OC1(CNCc2ccc(C(F)F)cc2)CCC1. The van der Waals surface area contributed by atoms with Crippen molar-refractivity contribution in [3.8, 4) is 0 Å². The van der Waals surface area contributed by atoms with Gasteiger partial charge >= 0.3 is 0 Å². The first-order valence-corrected chi connectivity index (χ1v) is 5.89. The molecule has 0 unspecified atom stereocenters. The third kappa shape index (κ3) is 3.23. The Balaban J connectivity index is 1.79. The Morgan fingerprint density at radius 1 is 1.24 bits per heavy atom. The Hall–Kier alpha value is -1.00. The fourth-order valence-corrected chi connectivity index (χ4v) is 1.98. The summed E-state index contributed by atoms with van der Waals surface area (Å²) in [6, 6.07) is 6.28. The molecule has 17 heavy (non-hydrogen) atoms. The highest BCUT2D eigenvalue weighted by Crippen LogP contribution is 2.30. The summed E-state index contributed by atoms with van der Waals surface area (Å²) in [6.45, 7) is 1.18. The predicted octanol–water partition coefficient (Wildman–Crippen LogP) is 2.63. The molecule has 0 amide bonds. The lowest BCUT2D eigenvalue weighted by molar-refractivity contribution is -0.0314. The van der Waals surface area contributed by atoms with Crippen molar-refractivity contribution < 1.29 is 13.9 Å². The Bertz CT molecular complexity index is 360. The van der Waals surface area contributed by atoms with E-state index in [1.807, 2.05) is 0 Å². The van der Waals surface area contributed by atoms with E-state index in [2.05, 4.69) is 5.32 Å². The van der Waals surface area contributed by atoms with Crippen LogP contribution in [0.4, 0.5) is 8.78 Å². The Labute approximate surface area is 99.7 Å². The molecule has 0 radical (unpaired) electrons. The molecule has 1 fully saturated rings. The van der Waals surface area contributed by atoms with E-state index in [0.29, 0.717) is 13.1 Å². The molecule has 0 heterocycles. The topological polar surface area (TPSA) is 32.3 Å². The molecule has 1 aromatic rings. The zero-order valence-corrected chi connectivity index (χ0v) is 9.63. The molecule has 1 aliphatic rings. The van der Waals surface area contributed by atoms with Crippen molar-refractivity contribution in [1.29, 1.82) is 0 Å². The number of hydrogen-bond donors (Lipinski definition) is 2. The predicted molar refractivity (Wildman–Crippen MR) is 61.9 cm³/mol. The van der Waals surface area contributed by atoms with E-state index in [4.69, 9.17) is 0 Å². The van der Waals surface area contributed by atoms with Crippen molar-refractivity contribution in [2.45, 2.75) is 37.8 Å². The average molecular weight is 241 g/mol. The summed E-state index contributed by atoms with van der Waals surface area (Å²) in [4.78, 5) is 0. The van der Waals surface area contributed by atoms with E-state index in [1.54, 1.807) is 12.1 Å². The Morgan fingerprint density at radius 2 is 1.88 bits per heavy atom. The van der Waals surface area contributed by atoms with Gasteiger partial charge in [0.05, 0.1) is 5.60 Å². The van der Waals surface area contributed by atoms with Gasteiger partial charge in [0.2, 0.25) is 0 Å². The van der Waals surface area contributed by atoms with E-state index in [0.717, 1.165) is 24.8 Å². The number of rotatable bonds is 5. The fraction of sp³-hybridized carbons (Fsp3) is 0.538. The van der Waals surface area contributed by atoms with Crippen LogP contribution in [0, 0.1) is 0 Å². The molecule has 0 aliphatic heterocycles. The summed E-state index contributed by atoms with van der Waals surface area (Å²) in [5.41, 5.74) is 0.465. The van der Waals surface area contributed by atoms with E-state index in [1.165, 1.54) is 12.1 Å². The van der Waals surface area contributed by atoms with Gasteiger partial charge < -0.3 is 10.4 Å². The van der Waals surface area contributed by atoms with Crippen LogP contribution in [0.5, 0.6) is 0 Å². The monoisotopic (exact) mass is 241 g/mol. The van der Waals surface area contributed by atoms with Crippen LogP contribution in [-0.2, 0) is 6.54 Å². The van der Waals surface area contributed by atoms with Gasteiger partial charge in [0, 0.05) is 18.7 Å². The van der Waals surface area contributed by atoms with Gasteiger partial charge in [-0.25, -0.2) is 8.78 Å². The van der Waals surface area contributed by atoms with E-state index in [-0.39, 0.29) is 5.56 Å². The van der Waals surface area contributed by atoms with Gasteiger partial charge in [0.25, 0.3) is 6.43 Å². The smallest absolute Gasteiger partial charge is 0.263 e. The first-order chi connectivity index (χ1) is 8.09. The van der Waals surface area contributed by atoms with Crippen molar-refractivity contribution >= 4 is 0 Å². The first-order valence-electron chi connectivity index (χ1n) is 5.89. The van der Waals surface area contributed by atoms with Gasteiger partial charge in [-0.05, 0) is 24.8 Å². The number of aliphatic hydroxyl groups is 1. The van der Waals surface area contributed by atoms with Gasteiger partial charge in [-0.2, -0.15) is 0 Å². The summed E-state index contributed by atoms with van der Waals surface area (Å²) >= 11 is 0. The van der Waals surface area contributed by atoms with Gasteiger partial charge in [-0.15, -0.1) is 0 Å². The maximum absolute atomic E-state index is 12.3. The van der Waals surface area contributed by atoms with Crippen molar-refractivity contribution in [2.24, 2.45) is 0 Å². The summed E-state index contributed by atoms with van der Waals surface area (Å²) in [6.07, 6.45) is 0.378. The number of benzene rings is 1. The lowest BCUT2D eigenvalue weighted by Gasteiger charge is -2.36. The maximum atomic E-state index is 12.3. The van der Waals surface area contributed by atoms with Crippen LogP contribution < -0.4 is 5.32 Å². The largest absolute Gasteiger partial charge is 0.389 e. The second-order valence-electron chi connectivity index (χ2n) is 4.72. The minimum Gasteiger partial charge on any atom is -0.389 e. The molecule has 0 saturated heterocycles. The molecule has 0 atom stereocenters. The summed E-state index contributed by atoms with van der Waals surface area (Å²) in [5.74, 6) is 0. The zero-order chi connectivity index (χ0) is 12.3. The Morgan fingerprint density at radius 3 is 2.35 bits per heavy atom. The average Bonchev–Trinajstić information content (AvgIpc) is 2.27. The van der Waals surface area contributed by atoms with E-state index in [9.17, 15) is 13.9 Å². The lowest BCUT2D eigenvalue weighted by atomic mass is 9.80. The van der Waals surface area contributed by atoms with Crippen molar-refractivity contribution in [1.82, 2.24) is 5.32 Å². The van der Waals surface area contributed by atoms with Gasteiger partial charge in [0.15, 0.2) is 0 Å². The molecule has 0 aromatic heterocycles. The number of hydrogen-bond acceptors (Lipinski definition) is 2. The van der Waals surface area contributed by atoms with Crippen molar-refractivity contribution in [2.75, 3.05) is 6.54 Å². The third-order valence-electron chi connectivity index (χ3n) is 3.30. The summed E-state index contributed by atoms with van der Waals surface area (Å²) in [5, 5.41) is 13.0. The van der Waals surface area contributed by atoms with Gasteiger partial charge in [-0.1, -0.05) is 24.3 Å². The summed E-state index contributed by atoms with van der Waals surface area (Å²) < 4.78 is 24.6. The number of halogens is 2. The first kappa shape index (κ1) is 12.5. The molecule has 0 spiro atoms. The van der Waals surface area contributed by atoms with Crippen LogP contribution in [0.1, 0.15) is 36.8 Å². The van der Waals surface area contributed by atoms with Crippen LogP contribution >= 0.6 is 0 Å². The van der Waals surface area contributed by atoms with Crippen LogP contribution in [0.2, 0.25) is 0 Å². The molecule has 4 heteroatoms. The van der Waals surface area contributed by atoms with Crippen molar-refractivity contribution in [3.05, 3.63) is 35.4 Å². The minimum absolute atomic E-state index is 0.0476.